The van der Waals surface area contributed by atoms with Crippen molar-refractivity contribution in [1.82, 2.24) is 15.3 Å². The van der Waals surface area contributed by atoms with Crippen LogP contribution < -0.4 is 15.8 Å². The van der Waals surface area contributed by atoms with Crippen molar-refractivity contribution in [2.45, 2.75) is 38.0 Å². The number of ether oxygens (including phenoxy) is 1. The van der Waals surface area contributed by atoms with Crippen LogP contribution in [0.5, 0.6) is 5.88 Å². The van der Waals surface area contributed by atoms with Crippen LogP contribution in [0.2, 0.25) is 0 Å². The number of nitrogen functional groups attached to an aromatic ring is 1. The molecule has 1 spiro atoms. The van der Waals surface area contributed by atoms with Gasteiger partial charge in [-0.3, -0.25) is 0 Å². The van der Waals surface area contributed by atoms with Crippen molar-refractivity contribution in [1.29, 1.82) is 0 Å². The van der Waals surface area contributed by atoms with Gasteiger partial charge in [-0.1, -0.05) is 42.5 Å². The molecule has 1 saturated heterocycles. The number of halogens is 4. The molecule has 5 nitrogen and oxygen atoms in total. The van der Waals surface area contributed by atoms with E-state index in [1.807, 2.05) is 0 Å². The summed E-state index contributed by atoms with van der Waals surface area (Å²) in [6.45, 7) is 1.98. The van der Waals surface area contributed by atoms with Crippen molar-refractivity contribution < 1.29 is 22.3 Å². The van der Waals surface area contributed by atoms with Crippen molar-refractivity contribution in [3.63, 3.8) is 0 Å². The highest BCUT2D eigenvalue weighted by Crippen LogP contribution is 2.43. The third-order valence-electron chi connectivity index (χ3n) is 6.99. The first-order valence-electron chi connectivity index (χ1n) is 11.8. The van der Waals surface area contributed by atoms with Gasteiger partial charge in [0.15, 0.2) is 0 Å². The van der Waals surface area contributed by atoms with Gasteiger partial charge in [0.2, 0.25) is 17.9 Å². The number of nitrogens with two attached hydrogens (primary N) is 1. The molecule has 0 amide bonds. The van der Waals surface area contributed by atoms with Gasteiger partial charge < -0.3 is 15.8 Å². The summed E-state index contributed by atoms with van der Waals surface area (Å²) in [7, 11) is 0. The molecule has 188 valence electrons. The monoisotopic (exact) mass is 498 g/mol. The largest absolute Gasteiger partial charge is 0.460 e. The molecule has 1 unspecified atom stereocenters. The van der Waals surface area contributed by atoms with Crippen molar-refractivity contribution in [3.8, 4) is 17.0 Å². The molecule has 3 N–H and O–H groups in total. The molecule has 9 heteroatoms. The maximum atomic E-state index is 14.0. The minimum absolute atomic E-state index is 0.103. The van der Waals surface area contributed by atoms with E-state index in [1.165, 1.54) is 42.5 Å². The first kappa shape index (κ1) is 24.2. The zero-order chi connectivity index (χ0) is 25.3. The molecule has 5 rings (SSSR count). The van der Waals surface area contributed by atoms with E-state index < -0.39 is 18.1 Å². The molecule has 36 heavy (non-hydrogen) atoms. The fourth-order valence-corrected chi connectivity index (χ4v) is 4.99. The van der Waals surface area contributed by atoms with Crippen molar-refractivity contribution in [2.75, 3.05) is 18.8 Å². The average Bonchev–Trinajstić information content (AvgIpc) is 3.30. The van der Waals surface area contributed by atoms with Gasteiger partial charge in [-0.05, 0) is 66.5 Å². The summed E-state index contributed by atoms with van der Waals surface area (Å²) >= 11 is 0. The zero-order valence-corrected chi connectivity index (χ0v) is 19.5. The van der Waals surface area contributed by atoms with Gasteiger partial charge in [-0.15, -0.1) is 0 Å². The fourth-order valence-electron chi connectivity index (χ4n) is 4.99. The number of hydrogen-bond donors (Lipinski definition) is 2. The second-order valence-corrected chi connectivity index (χ2v) is 9.48. The number of rotatable bonds is 5. The quantitative estimate of drug-likeness (QED) is 0.416. The number of aromatic nitrogens is 2. The first-order chi connectivity index (χ1) is 17.2. The predicted molar refractivity (Wildman–Crippen MR) is 129 cm³/mol. The first-order valence-corrected chi connectivity index (χ1v) is 11.8. The highest BCUT2D eigenvalue weighted by atomic mass is 19.4. The Morgan fingerprint density at radius 3 is 2.44 bits per heavy atom. The summed E-state index contributed by atoms with van der Waals surface area (Å²) in [5.41, 5.74) is 8.58. The van der Waals surface area contributed by atoms with Gasteiger partial charge >= 0.3 is 6.18 Å². The molecule has 2 aromatic carbocycles. The standard InChI is InChI=1S/C27H26F4N4O/c28-21-3-1-2-20(14-21)17-4-6-19(7-5-17)24(27(29,30)31)36-23-15-22(34-25(32)35-23)18-8-10-26(11-9-18)12-13-33-16-26/h1-8,14-15,24,33H,9-13,16H2,(H2,32,34,35)/t24-,26?/m1/s1. The van der Waals surface area contributed by atoms with Crippen LogP contribution in [0, 0.1) is 11.2 Å². The SMILES string of the molecule is Nc1nc(O[C@H](c2ccc(-c3cccc(F)c3)cc2)C(F)(F)F)cc(C2=CCC3(CCNC3)CC2)n1. The lowest BCUT2D eigenvalue weighted by atomic mass is 9.74. The number of nitrogens with one attached hydrogen (secondary N) is 1. The Morgan fingerprint density at radius 2 is 1.81 bits per heavy atom. The molecule has 1 aromatic heterocycles. The van der Waals surface area contributed by atoms with E-state index in [0.29, 0.717) is 16.8 Å². The Morgan fingerprint density at radius 1 is 1.00 bits per heavy atom. The van der Waals surface area contributed by atoms with Crippen LogP contribution in [-0.4, -0.2) is 29.2 Å². The van der Waals surface area contributed by atoms with Crippen molar-refractivity contribution >= 4 is 11.5 Å². The van der Waals surface area contributed by atoms with Gasteiger partial charge in [0.25, 0.3) is 0 Å². The van der Waals surface area contributed by atoms with Crippen LogP contribution in [0.1, 0.15) is 43.0 Å². The third kappa shape index (κ3) is 5.21. The highest BCUT2D eigenvalue weighted by Gasteiger charge is 2.43. The van der Waals surface area contributed by atoms with Crippen LogP contribution in [0.15, 0.2) is 60.7 Å². The maximum absolute atomic E-state index is 14.0. The number of anilines is 1. The number of benzene rings is 2. The van der Waals surface area contributed by atoms with E-state index in [1.54, 1.807) is 12.1 Å². The second kappa shape index (κ2) is 9.54. The molecule has 2 aliphatic rings. The van der Waals surface area contributed by atoms with Gasteiger partial charge in [0, 0.05) is 18.2 Å². The smallest absolute Gasteiger partial charge is 0.429 e. The van der Waals surface area contributed by atoms with Gasteiger partial charge in [0.1, 0.15) is 5.82 Å². The Labute approximate surface area is 206 Å². The molecule has 2 atom stereocenters. The molecule has 0 radical (unpaired) electrons. The molecule has 2 heterocycles. The third-order valence-corrected chi connectivity index (χ3v) is 6.99. The summed E-state index contributed by atoms with van der Waals surface area (Å²) in [6.07, 6.45) is -1.10. The molecular weight excluding hydrogens is 472 g/mol. The van der Waals surface area contributed by atoms with Gasteiger partial charge in [-0.2, -0.15) is 18.2 Å². The molecule has 1 aliphatic carbocycles. The van der Waals surface area contributed by atoms with Gasteiger partial charge in [-0.25, -0.2) is 9.37 Å². The lowest BCUT2D eigenvalue weighted by Gasteiger charge is -2.31. The zero-order valence-electron chi connectivity index (χ0n) is 19.5. The molecule has 1 fully saturated rings. The molecular formula is C27H26F4N4O. The Balaban J connectivity index is 1.39. The molecule has 3 aromatic rings. The minimum atomic E-state index is -4.70. The summed E-state index contributed by atoms with van der Waals surface area (Å²) in [5, 5.41) is 3.40. The van der Waals surface area contributed by atoms with E-state index in [4.69, 9.17) is 10.5 Å². The number of hydrogen-bond acceptors (Lipinski definition) is 5. The maximum Gasteiger partial charge on any atom is 0.429 e. The van der Waals surface area contributed by atoms with E-state index in [0.717, 1.165) is 44.3 Å². The van der Waals surface area contributed by atoms with Crippen molar-refractivity contribution in [3.05, 3.63) is 77.7 Å². The highest BCUT2D eigenvalue weighted by molar-refractivity contribution is 5.65. The fraction of sp³-hybridized carbons (Fsp3) is 0.333. The van der Waals surface area contributed by atoms with Crippen LogP contribution in [0.4, 0.5) is 23.5 Å². The summed E-state index contributed by atoms with van der Waals surface area (Å²) in [6, 6.07) is 12.9. The van der Waals surface area contributed by atoms with Crippen LogP contribution in [0.3, 0.4) is 0 Å². The predicted octanol–water partition coefficient (Wildman–Crippen LogP) is 6.09. The molecule has 0 saturated carbocycles. The van der Waals surface area contributed by atoms with Crippen LogP contribution >= 0.6 is 0 Å². The average molecular weight is 499 g/mol. The Kier molecular flexibility index (Phi) is 6.42. The summed E-state index contributed by atoms with van der Waals surface area (Å²) in [4.78, 5) is 8.18. The van der Waals surface area contributed by atoms with Gasteiger partial charge in [0.05, 0.1) is 5.69 Å². The molecule has 0 bridgehead atoms. The number of alkyl halides is 3. The normalized spacial score (nSPS) is 20.8. The van der Waals surface area contributed by atoms with E-state index >= 15 is 0 Å². The second-order valence-electron chi connectivity index (χ2n) is 9.48. The van der Waals surface area contributed by atoms with Crippen LogP contribution in [0.25, 0.3) is 16.7 Å². The number of allylic oxidation sites excluding steroid dienone is 2. The topological polar surface area (TPSA) is 73.1 Å². The van der Waals surface area contributed by atoms with E-state index in [9.17, 15) is 17.6 Å². The lowest BCUT2D eigenvalue weighted by Crippen LogP contribution is -2.27. The van der Waals surface area contributed by atoms with E-state index in [2.05, 4.69) is 21.4 Å². The summed E-state index contributed by atoms with van der Waals surface area (Å²) in [5.74, 6) is -0.806. The summed E-state index contributed by atoms with van der Waals surface area (Å²) < 4.78 is 61.0. The van der Waals surface area contributed by atoms with Crippen LogP contribution in [-0.2, 0) is 0 Å². The molecule has 1 aliphatic heterocycles. The van der Waals surface area contributed by atoms with E-state index in [-0.39, 0.29) is 22.8 Å². The minimum Gasteiger partial charge on any atom is -0.460 e. The lowest BCUT2D eigenvalue weighted by molar-refractivity contribution is -0.198. The Bertz CT molecular complexity index is 1270. The Hall–Kier alpha value is -3.46. The number of nitrogens with zero attached hydrogens (tertiary/aromatic N) is 2. The van der Waals surface area contributed by atoms with Crippen molar-refractivity contribution in [2.24, 2.45) is 5.41 Å².